The van der Waals surface area contributed by atoms with Crippen molar-refractivity contribution < 1.29 is 9.53 Å². The third-order valence-electron chi connectivity index (χ3n) is 3.27. The molecular weight excluding hydrogens is 326 g/mol. The van der Waals surface area contributed by atoms with Crippen LogP contribution in [0.1, 0.15) is 5.82 Å². The second-order valence-corrected chi connectivity index (χ2v) is 5.92. The number of hydrogen-bond donors (Lipinski definition) is 1. The molecule has 2 heterocycles. The maximum atomic E-state index is 12.2. The van der Waals surface area contributed by atoms with E-state index in [2.05, 4.69) is 15.5 Å². The third-order valence-corrected chi connectivity index (χ3v) is 4.19. The number of methoxy groups -OCH3 is 1. The Morgan fingerprint density at radius 3 is 2.79 bits per heavy atom. The van der Waals surface area contributed by atoms with Crippen LogP contribution in [0.4, 0.5) is 5.69 Å². The summed E-state index contributed by atoms with van der Waals surface area (Å²) in [6.45, 7) is 1.87. The highest BCUT2D eigenvalue weighted by atomic mass is 32.2. The van der Waals surface area contributed by atoms with Gasteiger partial charge in [-0.15, -0.1) is 10.2 Å². The summed E-state index contributed by atoms with van der Waals surface area (Å²) in [6, 6.07) is 11.1. The summed E-state index contributed by atoms with van der Waals surface area (Å²) in [6.07, 6.45) is 3.80. The Morgan fingerprint density at radius 2 is 2.04 bits per heavy atom. The van der Waals surface area contributed by atoms with E-state index < -0.39 is 0 Å². The third kappa shape index (κ3) is 3.60. The van der Waals surface area contributed by atoms with Crippen LogP contribution in [0.2, 0.25) is 0 Å². The molecule has 0 fully saturated rings. The number of amides is 1. The molecule has 0 aliphatic rings. The first-order chi connectivity index (χ1) is 11.7. The number of aromatic nitrogens is 4. The molecule has 0 unspecified atom stereocenters. The van der Waals surface area contributed by atoms with E-state index in [0.717, 1.165) is 5.82 Å². The molecule has 1 N–H and O–H groups in total. The normalized spacial score (nSPS) is 10.6. The zero-order chi connectivity index (χ0) is 16.9. The zero-order valence-corrected chi connectivity index (χ0v) is 14.2. The molecule has 24 heavy (non-hydrogen) atoms. The minimum atomic E-state index is -0.118. The monoisotopic (exact) mass is 343 g/mol. The number of anilines is 1. The Morgan fingerprint density at radius 1 is 1.25 bits per heavy atom. The lowest BCUT2D eigenvalue weighted by molar-refractivity contribution is -0.113. The van der Waals surface area contributed by atoms with Crippen molar-refractivity contribution in [3.05, 3.63) is 54.6 Å². The van der Waals surface area contributed by atoms with Crippen LogP contribution in [-0.4, -0.2) is 38.3 Å². The van der Waals surface area contributed by atoms with Gasteiger partial charge >= 0.3 is 0 Å². The largest absolute Gasteiger partial charge is 0.497 e. The van der Waals surface area contributed by atoms with Crippen molar-refractivity contribution in [3.63, 3.8) is 0 Å². The Kier molecular flexibility index (Phi) is 4.85. The van der Waals surface area contributed by atoms with E-state index >= 15 is 0 Å². The lowest BCUT2D eigenvalue weighted by atomic mass is 10.3. The summed E-state index contributed by atoms with van der Waals surface area (Å²) in [4.78, 5) is 12.2. The van der Waals surface area contributed by atoms with E-state index in [1.807, 2.05) is 59.0 Å². The van der Waals surface area contributed by atoms with Gasteiger partial charge in [0, 0.05) is 24.1 Å². The second-order valence-electron chi connectivity index (χ2n) is 4.97. The molecule has 7 nitrogen and oxygen atoms in total. The second kappa shape index (κ2) is 7.22. The molecule has 1 amide bonds. The van der Waals surface area contributed by atoms with Crippen LogP contribution in [0, 0.1) is 6.92 Å². The Labute approximate surface area is 143 Å². The van der Waals surface area contributed by atoms with E-state index in [9.17, 15) is 4.79 Å². The first kappa shape index (κ1) is 16.1. The van der Waals surface area contributed by atoms with Gasteiger partial charge in [0.05, 0.1) is 12.9 Å². The standard InChI is InChI=1S/C16H17N5O2S/c1-12-18-19-16(21(12)20-8-3-4-9-20)24-11-15(22)17-13-6-5-7-14(10-13)23-2/h3-10H,11H2,1-2H3,(H,17,22). The van der Waals surface area contributed by atoms with E-state index in [4.69, 9.17) is 4.74 Å². The predicted octanol–water partition coefficient (Wildman–Crippen LogP) is 2.44. The first-order valence-corrected chi connectivity index (χ1v) is 8.28. The Hall–Kier alpha value is -2.74. The number of ether oxygens (including phenoxy) is 1. The molecule has 0 saturated heterocycles. The summed E-state index contributed by atoms with van der Waals surface area (Å²) in [5, 5.41) is 11.7. The van der Waals surface area contributed by atoms with Gasteiger partial charge in [-0.2, -0.15) is 0 Å². The van der Waals surface area contributed by atoms with Crippen LogP contribution in [-0.2, 0) is 4.79 Å². The van der Waals surface area contributed by atoms with Gasteiger partial charge in [0.15, 0.2) is 5.82 Å². The average Bonchev–Trinajstić information content (AvgIpc) is 3.22. The molecule has 0 aliphatic heterocycles. The van der Waals surface area contributed by atoms with Crippen LogP contribution in [0.3, 0.4) is 0 Å². The van der Waals surface area contributed by atoms with Crippen LogP contribution in [0.25, 0.3) is 0 Å². The van der Waals surface area contributed by atoms with Crippen LogP contribution >= 0.6 is 11.8 Å². The molecule has 0 saturated carbocycles. The van der Waals surface area contributed by atoms with Crippen molar-refractivity contribution >= 4 is 23.4 Å². The number of aryl methyl sites for hydroxylation is 1. The maximum Gasteiger partial charge on any atom is 0.234 e. The molecule has 3 aromatic rings. The molecule has 0 bridgehead atoms. The first-order valence-electron chi connectivity index (χ1n) is 7.30. The van der Waals surface area contributed by atoms with Crippen molar-refractivity contribution in [1.82, 2.24) is 19.5 Å². The number of thioether (sulfide) groups is 1. The Bertz CT molecular complexity index is 829. The highest BCUT2D eigenvalue weighted by Crippen LogP contribution is 2.19. The van der Waals surface area contributed by atoms with Gasteiger partial charge in [0.25, 0.3) is 0 Å². The van der Waals surface area contributed by atoms with Gasteiger partial charge < -0.3 is 10.1 Å². The molecule has 3 rings (SSSR count). The minimum Gasteiger partial charge on any atom is -0.497 e. The van der Waals surface area contributed by atoms with Crippen molar-refractivity contribution in [2.24, 2.45) is 0 Å². The fourth-order valence-corrected chi connectivity index (χ4v) is 2.96. The van der Waals surface area contributed by atoms with Crippen molar-refractivity contribution in [2.75, 3.05) is 18.2 Å². The zero-order valence-electron chi connectivity index (χ0n) is 13.3. The summed E-state index contributed by atoms with van der Waals surface area (Å²) in [7, 11) is 1.59. The number of hydrogen-bond acceptors (Lipinski definition) is 5. The Balaban J connectivity index is 1.65. The molecular formula is C16H17N5O2S. The SMILES string of the molecule is COc1cccc(NC(=O)CSc2nnc(C)n2-n2cccc2)c1. The highest BCUT2D eigenvalue weighted by Gasteiger charge is 2.13. The predicted molar refractivity (Wildman–Crippen MR) is 92.3 cm³/mol. The fourth-order valence-electron chi connectivity index (χ4n) is 2.18. The van der Waals surface area contributed by atoms with E-state index in [0.29, 0.717) is 16.6 Å². The number of benzene rings is 1. The average molecular weight is 343 g/mol. The van der Waals surface area contributed by atoms with Gasteiger partial charge in [-0.3, -0.25) is 9.47 Å². The van der Waals surface area contributed by atoms with Crippen LogP contribution in [0.15, 0.2) is 53.9 Å². The minimum absolute atomic E-state index is 0.118. The quantitative estimate of drug-likeness (QED) is 0.696. The molecule has 2 aromatic heterocycles. The number of nitrogens with zero attached hydrogens (tertiary/aromatic N) is 4. The number of carbonyl (C=O) groups is 1. The van der Waals surface area contributed by atoms with E-state index in [1.165, 1.54) is 11.8 Å². The molecule has 0 aliphatic carbocycles. The number of nitrogens with one attached hydrogen (secondary N) is 1. The summed E-state index contributed by atoms with van der Waals surface area (Å²) in [5.74, 6) is 1.56. The molecule has 0 radical (unpaired) electrons. The van der Waals surface area contributed by atoms with Gasteiger partial charge in [-0.25, -0.2) is 4.68 Å². The summed E-state index contributed by atoms with van der Waals surface area (Å²) >= 11 is 1.33. The maximum absolute atomic E-state index is 12.2. The lowest BCUT2D eigenvalue weighted by Gasteiger charge is -2.09. The van der Waals surface area contributed by atoms with Crippen LogP contribution < -0.4 is 10.1 Å². The van der Waals surface area contributed by atoms with Gasteiger partial charge in [-0.1, -0.05) is 17.8 Å². The van der Waals surface area contributed by atoms with E-state index in [1.54, 1.807) is 13.2 Å². The topological polar surface area (TPSA) is 74.0 Å². The number of rotatable bonds is 6. The molecule has 1 aromatic carbocycles. The summed E-state index contributed by atoms with van der Waals surface area (Å²) in [5.41, 5.74) is 0.697. The fraction of sp³-hybridized carbons (Fsp3) is 0.188. The molecule has 124 valence electrons. The lowest BCUT2D eigenvalue weighted by Crippen LogP contribution is -2.15. The van der Waals surface area contributed by atoms with Gasteiger partial charge in [0.2, 0.25) is 11.1 Å². The molecule has 0 spiro atoms. The van der Waals surface area contributed by atoms with Crippen molar-refractivity contribution in [1.29, 1.82) is 0 Å². The smallest absolute Gasteiger partial charge is 0.234 e. The molecule has 0 atom stereocenters. The van der Waals surface area contributed by atoms with Crippen molar-refractivity contribution in [2.45, 2.75) is 12.1 Å². The van der Waals surface area contributed by atoms with Gasteiger partial charge in [0.1, 0.15) is 5.75 Å². The molecule has 8 heteroatoms. The van der Waals surface area contributed by atoms with E-state index in [-0.39, 0.29) is 11.7 Å². The summed E-state index contributed by atoms with van der Waals surface area (Å²) < 4.78 is 8.87. The van der Waals surface area contributed by atoms with Crippen molar-refractivity contribution in [3.8, 4) is 5.75 Å². The van der Waals surface area contributed by atoms with Crippen LogP contribution in [0.5, 0.6) is 5.75 Å². The highest BCUT2D eigenvalue weighted by molar-refractivity contribution is 7.99. The van der Waals surface area contributed by atoms with Gasteiger partial charge in [-0.05, 0) is 31.2 Å². The number of carbonyl (C=O) groups excluding carboxylic acids is 1.